The highest BCUT2D eigenvalue weighted by Crippen LogP contribution is 2.32. The molecule has 2 aromatic rings. The lowest BCUT2D eigenvalue weighted by atomic mass is 10.2. The van der Waals surface area contributed by atoms with Crippen molar-refractivity contribution in [3.05, 3.63) is 67.2 Å². The zero-order chi connectivity index (χ0) is 17.0. The van der Waals surface area contributed by atoms with Crippen molar-refractivity contribution in [2.75, 3.05) is 5.43 Å². The number of aromatic hydroxyl groups is 1. The van der Waals surface area contributed by atoms with Crippen LogP contribution in [0.15, 0.2) is 41.5 Å². The maximum absolute atomic E-state index is 10.8. The number of phenolic OH excluding ortho intramolecular Hbond substituents is 1. The van der Waals surface area contributed by atoms with Crippen molar-refractivity contribution in [3.8, 4) is 5.75 Å². The highest BCUT2D eigenvalue weighted by Gasteiger charge is 2.17. The van der Waals surface area contributed by atoms with Crippen LogP contribution < -0.4 is 5.43 Å². The molecule has 0 aliphatic rings. The van der Waals surface area contributed by atoms with Gasteiger partial charge in [0.2, 0.25) is 5.75 Å². The van der Waals surface area contributed by atoms with E-state index in [1.54, 1.807) is 0 Å². The summed E-state index contributed by atoms with van der Waals surface area (Å²) >= 11 is 5.75. The van der Waals surface area contributed by atoms with Crippen molar-refractivity contribution in [3.63, 3.8) is 0 Å². The van der Waals surface area contributed by atoms with Gasteiger partial charge in [0.05, 0.1) is 21.7 Å². The van der Waals surface area contributed by atoms with Gasteiger partial charge in [-0.3, -0.25) is 25.7 Å². The molecule has 2 rings (SSSR count). The Balaban J connectivity index is 2.17. The van der Waals surface area contributed by atoms with Crippen molar-refractivity contribution in [2.45, 2.75) is 0 Å². The van der Waals surface area contributed by atoms with Crippen LogP contribution in [0, 0.1) is 20.2 Å². The fraction of sp³-hybridized carbons (Fsp3) is 0. The molecule has 10 heteroatoms. The number of nitro benzene ring substituents is 2. The van der Waals surface area contributed by atoms with E-state index in [-0.39, 0.29) is 16.3 Å². The van der Waals surface area contributed by atoms with Crippen LogP contribution in [0.25, 0.3) is 0 Å². The largest absolute Gasteiger partial charge is 0.502 e. The molecule has 0 heterocycles. The Morgan fingerprint density at radius 2 is 1.78 bits per heavy atom. The molecule has 0 aliphatic carbocycles. The molecule has 118 valence electrons. The summed E-state index contributed by atoms with van der Waals surface area (Å²) < 4.78 is 0. The third kappa shape index (κ3) is 3.92. The van der Waals surface area contributed by atoms with E-state index >= 15 is 0 Å². The summed E-state index contributed by atoms with van der Waals surface area (Å²) in [6, 6.07) is 7.80. The van der Waals surface area contributed by atoms with Crippen LogP contribution in [0.2, 0.25) is 5.02 Å². The first-order chi connectivity index (χ1) is 10.9. The third-order valence-electron chi connectivity index (χ3n) is 2.76. The predicted molar refractivity (Wildman–Crippen MR) is 84.1 cm³/mol. The number of hydrogen-bond acceptors (Lipinski definition) is 7. The van der Waals surface area contributed by atoms with Gasteiger partial charge in [-0.2, -0.15) is 5.10 Å². The van der Waals surface area contributed by atoms with Crippen LogP contribution in [0.5, 0.6) is 5.75 Å². The molecule has 0 aliphatic heterocycles. The van der Waals surface area contributed by atoms with Crippen molar-refractivity contribution < 1.29 is 15.0 Å². The molecular formula is C13H9ClN4O5. The normalized spacial score (nSPS) is 10.7. The summed E-state index contributed by atoms with van der Waals surface area (Å²) in [5.41, 5.74) is 2.49. The van der Waals surface area contributed by atoms with Crippen molar-refractivity contribution in [1.82, 2.24) is 0 Å². The Morgan fingerprint density at radius 1 is 1.13 bits per heavy atom. The molecule has 2 N–H and O–H groups in total. The van der Waals surface area contributed by atoms with E-state index in [2.05, 4.69) is 10.5 Å². The Hall–Kier alpha value is -3.20. The quantitative estimate of drug-likeness (QED) is 0.489. The zero-order valence-electron chi connectivity index (χ0n) is 11.3. The van der Waals surface area contributed by atoms with E-state index in [1.807, 2.05) is 0 Å². The maximum Gasteiger partial charge on any atom is 0.312 e. The second kappa shape index (κ2) is 6.71. The van der Waals surface area contributed by atoms with Gasteiger partial charge < -0.3 is 5.11 Å². The summed E-state index contributed by atoms with van der Waals surface area (Å²) in [5, 5.41) is 35.0. The van der Waals surface area contributed by atoms with Gasteiger partial charge in [-0.15, -0.1) is 0 Å². The van der Waals surface area contributed by atoms with E-state index in [4.69, 9.17) is 11.6 Å². The molecule has 0 saturated heterocycles. The molecule has 0 amide bonds. The van der Waals surface area contributed by atoms with Gasteiger partial charge >= 0.3 is 5.69 Å². The summed E-state index contributed by atoms with van der Waals surface area (Å²) in [6.45, 7) is 0. The Kier molecular flexibility index (Phi) is 4.72. The number of anilines is 1. The van der Waals surface area contributed by atoms with E-state index < -0.39 is 21.3 Å². The molecule has 0 spiro atoms. The lowest BCUT2D eigenvalue weighted by Crippen LogP contribution is -1.95. The lowest BCUT2D eigenvalue weighted by molar-refractivity contribution is -0.385. The fourth-order valence-electron chi connectivity index (χ4n) is 1.68. The SMILES string of the molecule is O=[N+]([O-])c1ccc(NN=Cc2cc(Cl)cc([N+](=O)[O-])c2O)cc1. The first-order valence-electron chi connectivity index (χ1n) is 6.09. The number of hydrazone groups is 1. The van der Waals surface area contributed by atoms with Crippen molar-refractivity contribution >= 4 is 34.9 Å². The summed E-state index contributed by atoms with van der Waals surface area (Å²) in [6.07, 6.45) is 1.15. The number of non-ortho nitro benzene ring substituents is 1. The number of nitrogens with zero attached hydrogens (tertiary/aromatic N) is 3. The molecule has 0 fully saturated rings. The number of hydrogen-bond donors (Lipinski definition) is 2. The number of halogens is 1. The molecule has 0 aromatic heterocycles. The highest BCUT2D eigenvalue weighted by atomic mass is 35.5. The lowest BCUT2D eigenvalue weighted by Gasteiger charge is -2.02. The van der Waals surface area contributed by atoms with Crippen LogP contribution in [-0.2, 0) is 0 Å². The van der Waals surface area contributed by atoms with Crippen LogP contribution >= 0.6 is 11.6 Å². The van der Waals surface area contributed by atoms with E-state index in [1.165, 1.54) is 30.3 Å². The predicted octanol–water partition coefficient (Wildman–Crippen LogP) is 3.31. The van der Waals surface area contributed by atoms with E-state index in [0.717, 1.165) is 12.3 Å². The monoisotopic (exact) mass is 336 g/mol. The first kappa shape index (κ1) is 16.2. The Morgan fingerprint density at radius 3 is 2.35 bits per heavy atom. The smallest absolute Gasteiger partial charge is 0.312 e. The van der Waals surface area contributed by atoms with Crippen LogP contribution in [0.1, 0.15) is 5.56 Å². The fourth-order valence-corrected chi connectivity index (χ4v) is 1.90. The molecular weight excluding hydrogens is 328 g/mol. The maximum atomic E-state index is 10.8. The second-order valence-corrected chi connectivity index (χ2v) is 4.73. The van der Waals surface area contributed by atoms with Crippen LogP contribution in [0.3, 0.4) is 0 Å². The topological polar surface area (TPSA) is 131 Å². The van der Waals surface area contributed by atoms with Crippen molar-refractivity contribution in [1.29, 1.82) is 0 Å². The van der Waals surface area contributed by atoms with Gasteiger partial charge in [-0.1, -0.05) is 11.6 Å². The van der Waals surface area contributed by atoms with Crippen LogP contribution in [-0.4, -0.2) is 21.2 Å². The minimum atomic E-state index is -0.762. The minimum absolute atomic E-state index is 0.0543. The van der Waals surface area contributed by atoms with Gasteiger partial charge in [0.25, 0.3) is 5.69 Å². The molecule has 0 saturated carbocycles. The molecule has 0 radical (unpaired) electrons. The minimum Gasteiger partial charge on any atom is -0.502 e. The number of nitro groups is 2. The average Bonchev–Trinajstić information content (AvgIpc) is 2.50. The summed E-state index contributed by atoms with van der Waals surface area (Å²) in [4.78, 5) is 20.0. The van der Waals surface area contributed by atoms with Gasteiger partial charge in [0, 0.05) is 28.8 Å². The van der Waals surface area contributed by atoms with Crippen molar-refractivity contribution in [2.24, 2.45) is 5.10 Å². The molecule has 2 aromatic carbocycles. The number of nitrogens with one attached hydrogen (secondary N) is 1. The number of phenols is 1. The molecule has 0 atom stereocenters. The Labute approximate surface area is 134 Å². The number of rotatable bonds is 5. The average molecular weight is 337 g/mol. The molecule has 23 heavy (non-hydrogen) atoms. The van der Waals surface area contributed by atoms with Crippen LogP contribution in [0.4, 0.5) is 17.1 Å². The third-order valence-corrected chi connectivity index (χ3v) is 2.97. The molecule has 9 nitrogen and oxygen atoms in total. The highest BCUT2D eigenvalue weighted by molar-refractivity contribution is 6.31. The van der Waals surface area contributed by atoms with Gasteiger partial charge in [0.15, 0.2) is 0 Å². The summed E-state index contributed by atoms with van der Waals surface area (Å²) in [7, 11) is 0. The first-order valence-corrected chi connectivity index (χ1v) is 6.46. The standard InChI is InChI=1S/C13H9ClN4O5/c14-9-5-8(13(19)12(6-9)18(22)23)7-15-16-10-1-3-11(4-2-10)17(20)21/h1-7,16,19H. The molecule has 0 unspecified atom stereocenters. The zero-order valence-corrected chi connectivity index (χ0v) is 12.1. The number of benzene rings is 2. The van der Waals surface area contributed by atoms with E-state index in [0.29, 0.717) is 5.69 Å². The van der Waals surface area contributed by atoms with Gasteiger partial charge in [-0.25, -0.2) is 0 Å². The summed E-state index contributed by atoms with van der Waals surface area (Å²) in [5.74, 6) is -0.561. The van der Waals surface area contributed by atoms with Gasteiger partial charge in [-0.05, 0) is 18.2 Å². The Bertz CT molecular complexity index is 792. The molecule has 0 bridgehead atoms. The van der Waals surface area contributed by atoms with E-state index in [9.17, 15) is 25.3 Å². The second-order valence-electron chi connectivity index (χ2n) is 4.29. The van der Waals surface area contributed by atoms with Gasteiger partial charge in [0.1, 0.15) is 0 Å².